The van der Waals surface area contributed by atoms with Crippen LogP contribution in [0.2, 0.25) is 0 Å². The van der Waals surface area contributed by atoms with E-state index in [1.807, 2.05) is 0 Å². The van der Waals surface area contributed by atoms with Gasteiger partial charge in [0.2, 0.25) is 0 Å². The van der Waals surface area contributed by atoms with Gasteiger partial charge in [0.25, 0.3) is 0 Å². The smallest absolute Gasteiger partial charge is 0.137 e. The fraction of sp³-hybridized carbons (Fsp3) is 0.143. The molecule has 0 radical (unpaired) electrons. The molecular weight excluding hydrogens is 135 g/mol. The van der Waals surface area contributed by atoms with Crippen LogP contribution in [0.15, 0.2) is 23.4 Å². The first-order valence-electron chi connectivity index (χ1n) is 2.66. The van der Waals surface area contributed by atoms with Crippen LogP contribution in [-0.2, 0) is 6.42 Å². The Morgan fingerprint density at radius 3 is 2.89 bits per heavy atom. The summed E-state index contributed by atoms with van der Waals surface area (Å²) in [5.74, 6) is -0.111. The lowest BCUT2D eigenvalue weighted by Crippen LogP contribution is -1.78. The molecule has 0 aromatic carbocycles. The Morgan fingerprint density at radius 2 is 2.44 bits per heavy atom. The molecule has 0 saturated heterocycles. The molecule has 1 heterocycles. The molecule has 0 aliphatic heterocycles. The first-order chi connectivity index (χ1) is 4.34. The normalized spacial score (nSPS) is 9.44. The zero-order chi connectivity index (χ0) is 6.69. The van der Waals surface area contributed by atoms with Crippen molar-refractivity contribution in [3.05, 3.63) is 34.8 Å². The Bertz CT molecular complexity index is 202. The van der Waals surface area contributed by atoms with Gasteiger partial charge < -0.3 is 0 Å². The van der Waals surface area contributed by atoms with Crippen LogP contribution in [0, 0.1) is 5.82 Å². The zero-order valence-electron chi connectivity index (χ0n) is 4.93. The summed E-state index contributed by atoms with van der Waals surface area (Å²) in [6, 6.07) is 0. The van der Waals surface area contributed by atoms with Crippen LogP contribution < -0.4 is 0 Å². The van der Waals surface area contributed by atoms with Crippen molar-refractivity contribution in [3.8, 4) is 0 Å². The van der Waals surface area contributed by atoms with Crippen molar-refractivity contribution in [2.45, 2.75) is 6.42 Å². The van der Waals surface area contributed by atoms with Gasteiger partial charge in [-0.3, -0.25) is 0 Å². The number of thiophene rings is 1. The van der Waals surface area contributed by atoms with E-state index in [0.29, 0.717) is 6.42 Å². The van der Waals surface area contributed by atoms with Gasteiger partial charge in [0, 0.05) is 10.9 Å². The van der Waals surface area contributed by atoms with E-state index in [1.54, 1.807) is 11.5 Å². The lowest BCUT2D eigenvalue weighted by atomic mass is 10.2. The Labute approximate surface area is 57.6 Å². The molecule has 1 aromatic heterocycles. The van der Waals surface area contributed by atoms with E-state index in [-0.39, 0.29) is 5.82 Å². The lowest BCUT2D eigenvalue weighted by Gasteiger charge is -1.86. The van der Waals surface area contributed by atoms with Gasteiger partial charge in [-0.25, -0.2) is 4.39 Å². The maximum absolute atomic E-state index is 12.5. The van der Waals surface area contributed by atoms with Gasteiger partial charge >= 0.3 is 0 Å². The van der Waals surface area contributed by atoms with Crippen molar-refractivity contribution in [2.75, 3.05) is 0 Å². The molecule has 2 heteroatoms. The van der Waals surface area contributed by atoms with Crippen molar-refractivity contribution in [1.29, 1.82) is 0 Å². The molecule has 9 heavy (non-hydrogen) atoms. The van der Waals surface area contributed by atoms with Crippen LogP contribution in [0.25, 0.3) is 0 Å². The fourth-order valence-corrected chi connectivity index (χ4v) is 1.32. The van der Waals surface area contributed by atoms with Gasteiger partial charge in [-0.2, -0.15) is 0 Å². The van der Waals surface area contributed by atoms with Crippen molar-refractivity contribution < 1.29 is 4.39 Å². The highest BCUT2D eigenvalue weighted by molar-refractivity contribution is 7.08. The van der Waals surface area contributed by atoms with Gasteiger partial charge in [0.1, 0.15) is 5.82 Å². The highest BCUT2D eigenvalue weighted by atomic mass is 32.1. The van der Waals surface area contributed by atoms with Gasteiger partial charge in [-0.1, -0.05) is 6.08 Å². The molecule has 0 amide bonds. The number of halogens is 1. The maximum atomic E-state index is 12.5. The monoisotopic (exact) mass is 142 g/mol. The largest absolute Gasteiger partial charge is 0.206 e. The topological polar surface area (TPSA) is 0 Å². The average Bonchev–Trinajstić information content (AvgIpc) is 2.18. The zero-order valence-corrected chi connectivity index (χ0v) is 5.75. The van der Waals surface area contributed by atoms with E-state index in [1.165, 1.54) is 16.7 Å². The Kier molecular flexibility index (Phi) is 2.01. The summed E-state index contributed by atoms with van der Waals surface area (Å²) in [7, 11) is 0. The highest BCUT2D eigenvalue weighted by Gasteiger charge is 1.97. The summed E-state index contributed by atoms with van der Waals surface area (Å²) < 4.78 is 12.5. The van der Waals surface area contributed by atoms with E-state index < -0.39 is 0 Å². The molecule has 0 N–H and O–H groups in total. The number of allylic oxidation sites excluding steroid dienone is 1. The first kappa shape index (κ1) is 6.49. The third-order valence-corrected chi connectivity index (χ3v) is 1.82. The van der Waals surface area contributed by atoms with Crippen molar-refractivity contribution in [3.63, 3.8) is 0 Å². The summed E-state index contributed by atoms with van der Waals surface area (Å²) in [5, 5.41) is 3.30. The van der Waals surface area contributed by atoms with E-state index >= 15 is 0 Å². The molecule has 0 unspecified atom stereocenters. The molecule has 0 saturated carbocycles. The second-order valence-electron chi connectivity index (χ2n) is 1.74. The second-order valence-corrected chi connectivity index (χ2v) is 2.48. The summed E-state index contributed by atoms with van der Waals surface area (Å²) in [4.78, 5) is 0. The molecule has 0 bridgehead atoms. The maximum Gasteiger partial charge on any atom is 0.137 e. The standard InChI is InChI=1S/C7H7FS/c1-2-3-6-4-9-5-7(6)8/h2,4-5H,1,3H2. The third kappa shape index (κ3) is 1.39. The summed E-state index contributed by atoms with van der Waals surface area (Å²) in [5.41, 5.74) is 0.745. The number of rotatable bonds is 2. The molecule has 0 aliphatic rings. The molecule has 0 atom stereocenters. The molecule has 1 rings (SSSR count). The third-order valence-electron chi connectivity index (χ3n) is 1.05. The minimum Gasteiger partial charge on any atom is -0.206 e. The van der Waals surface area contributed by atoms with Crippen LogP contribution >= 0.6 is 11.3 Å². The summed E-state index contributed by atoms with van der Waals surface area (Å²) in [6.07, 6.45) is 2.33. The van der Waals surface area contributed by atoms with Crippen molar-refractivity contribution in [1.82, 2.24) is 0 Å². The lowest BCUT2D eigenvalue weighted by molar-refractivity contribution is 0.621. The molecule has 0 aliphatic carbocycles. The predicted molar refractivity (Wildman–Crippen MR) is 38.2 cm³/mol. The van der Waals surface area contributed by atoms with Crippen LogP contribution in [0.4, 0.5) is 4.39 Å². The Hall–Kier alpha value is -0.630. The van der Waals surface area contributed by atoms with E-state index in [9.17, 15) is 4.39 Å². The minimum absolute atomic E-state index is 0.111. The van der Waals surface area contributed by atoms with Gasteiger partial charge in [0.15, 0.2) is 0 Å². The van der Waals surface area contributed by atoms with E-state index in [2.05, 4.69) is 6.58 Å². The summed E-state index contributed by atoms with van der Waals surface area (Å²) in [6.45, 7) is 3.51. The first-order valence-corrected chi connectivity index (χ1v) is 3.60. The predicted octanol–water partition coefficient (Wildman–Crippen LogP) is 2.62. The molecular formula is C7H7FS. The quantitative estimate of drug-likeness (QED) is 0.557. The van der Waals surface area contributed by atoms with Crippen molar-refractivity contribution >= 4 is 11.3 Å². The van der Waals surface area contributed by atoms with Crippen LogP contribution in [-0.4, -0.2) is 0 Å². The Balaban J connectivity index is 2.80. The van der Waals surface area contributed by atoms with Crippen molar-refractivity contribution in [2.24, 2.45) is 0 Å². The molecule has 0 spiro atoms. The molecule has 1 aromatic rings. The minimum atomic E-state index is -0.111. The number of hydrogen-bond donors (Lipinski definition) is 0. The number of hydrogen-bond acceptors (Lipinski definition) is 1. The van der Waals surface area contributed by atoms with E-state index in [4.69, 9.17) is 0 Å². The van der Waals surface area contributed by atoms with Gasteiger partial charge in [0.05, 0.1) is 0 Å². The summed E-state index contributed by atoms with van der Waals surface area (Å²) >= 11 is 1.38. The highest BCUT2D eigenvalue weighted by Crippen LogP contribution is 2.12. The average molecular weight is 142 g/mol. The van der Waals surface area contributed by atoms with Gasteiger partial charge in [-0.15, -0.1) is 17.9 Å². The van der Waals surface area contributed by atoms with Gasteiger partial charge in [-0.05, 0) is 11.8 Å². The molecule has 48 valence electrons. The SMILES string of the molecule is C=CCc1cscc1F. The van der Waals surface area contributed by atoms with Crippen LogP contribution in [0.1, 0.15) is 5.56 Å². The molecule has 0 nitrogen and oxygen atoms in total. The molecule has 0 fully saturated rings. The Morgan fingerprint density at radius 1 is 1.67 bits per heavy atom. The second kappa shape index (κ2) is 2.78. The fourth-order valence-electron chi connectivity index (χ4n) is 0.609. The van der Waals surface area contributed by atoms with Crippen LogP contribution in [0.3, 0.4) is 0 Å². The van der Waals surface area contributed by atoms with Crippen LogP contribution in [0.5, 0.6) is 0 Å². The van der Waals surface area contributed by atoms with E-state index in [0.717, 1.165) is 5.56 Å².